The molecule has 0 aliphatic carbocycles. The van der Waals surface area contributed by atoms with Gasteiger partial charge in [-0.15, -0.1) is 0 Å². The lowest BCUT2D eigenvalue weighted by Crippen LogP contribution is -2.37. The van der Waals surface area contributed by atoms with Crippen molar-refractivity contribution in [3.05, 3.63) is 77.2 Å². The number of aromatic nitrogens is 1. The van der Waals surface area contributed by atoms with E-state index in [9.17, 15) is 19.2 Å². The van der Waals surface area contributed by atoms with E-state index < -0.39 is 0 Å². The highest BCUT2D eigenvalue weighted by Crippen LogP contribution is 2.35. The summed E-state index contributed by atoms with van der Waals surface area (Å²) in [6.45, 7) is 5.58. The fourth-order valence-corrected chi connectivity index (χ4v) is 10.4. The third-order valence-electron chi connectivity index (χ3n) is 12.4. The number of pyridine rings is 1. The van der Waals surface area contributed by atoms with Crippen LogP contribution in [0.2, 0.25) is 0 Å². The maximum Gasteiger partial charge on any atom is 0.315 e. The number of thioether (sulfide) groups is 1. The molecule has 3 atom stereocenters. The number of rotatable bonds is 34. The van der Waals surface area contributed by atoms with Crippen molar-refractivity contribution in [2.45, 2.75) is 101 Å². The number of hydrogen-bond donors (Lipinski definition) is 6. The summed E-state index contributed by atoms with van der Waals surface area (Å²) in [5, 5.41) is 22.2. The van der Waals surface area contributed by atoms with Crippen molar-refractivity contribution in [3.63, 3.8) is 0 Å². The molecule has 0 saturated carbocycles. The van der Waals surface area contributed by atoms with Gasteiger partial charge in [0.05, 0.1) is 75.7 Å². The van der Waals surface area contributed by atoms with Crippen molar-refractivity contribution in [2.24, 2.45) is 5.11 Å². The molecule has 1 aromatic heterocycles. The molecule has 0 bridgehead atoms. The number of hydrogen-bond acceptors (Lipinski definition) is 11. The molecule has 378 valence electrons. The molecular weight excluding hydrogens is 913 g/mol. The van der Waals surface area contributed by atoms with Gasteiger partial charge in [-0.2, -0.15) is 16.3 Å². The van der Waals surface area contributed by atoms with Crippen molar-refractivity contribution < 1.29 is 42.7 Å². The molecule has 6 rings (SSSR count). The minimum atomic E-state index is -0.0652. The summed E-state index contributed by atoms with van der Waals surface area (Å²) in [5.41, 5.74) is 19.8. The fraction of sp³-hybridized carbons (Fsp3) is 0.549. The summed E-state index contributed by atoms with van der Waals surface area (Å²) >= 11 is 1.90. The number of azide groups is 1. The smallest absolute Gasteiger partial charge is 0.315 e. The first-order valence-electron chi connectivity index (χ1n) is 24.9. The Labute approximate surface area is 414 Å². The molecule has 0 unspecified atom stereocenters. The van der Waals surface area contributed by atoms with Crippen LogP contribution in [-0.2, 0) is 39.9 Å². The number of nitrogens with one attached hydrogen (secondary N) is 5. The average Bonchev–Trinajstić information content (AvgIpc) is 3.92. The number of anilines is 1. The van der Waals surface area contributed by atoms with Gasteiger partial charge in [-0.05, 0) is 80.8 Å². The van der Waals surface area contributed by atoms with E-state index in [4.69, 9.17) is 30.2 Å². The van der Waals surface area contributed by atoms with E-state index in [1.165, 1.54) is 0 Å². The van der Waals surface area contributed by atoms with Crippen molar-refractivity contribution in [2.75, 3.05) is 84.0 Å². The van der Waals surface area contributed by atoms with Gasteiger partial charge < -0.3 is 51.3 Å². The van der Waals surface area contributed by atoms with E-state index in [1.807, 2.05) is 66.4 Å². The van der Waals surface area contributed by atoms with Crippen LogP contribution in [0.15, 0.2) is 71.8 Å². The van der Waals surface area contributed by atoms with Crippen LogP contribution in [0.4, 0.5) is 16.2 Å². The number of fused-ring (bicyclic) bond motifs is 4. The maximum atomic E-state index is 12.6. The number of nitrogens with zero attached hydrogens (tertiary/aromatic N) is 4. The largest absolute Gasteiger partial charge is 0.399 e. The molecule has 0 radical (unpaired) electrons. The van der Waals surface area contributed by atoms with Crippen molar-refractivity contribution >= 4 is 68.6 Å². The minimum Gasteiger partial charge on any atom is -0.399 e. The number of aryl methyl sites for hydroxylation is 1. The van der Waals surface area contributed by atoms with Gasteiger partial charge in [-0.25, -0.2) is 4.79 Å². The van der Waals surface area contributed by atoms with Gasteiger partial charge in [0.1, 0.15) is 6.54 Å². The first-order valence-corrected chi connectivity index (χ1v) is 25.9. The van der Waals surface area contributed by atoms with Crippen LogP contribution in [-0.4, -0.2) is 119 Å². The molecule has 19 heteroatoms. The molecular formula is C51H71N10O8S+. The van der Waals surface area contributed by atoms with E-state index in [1.54, 1.807) is 0 Å². The molecule has 2 aliphatic rings. The normalized spacial score (nSPS) is 16.1. The molecule has 2 saturated heterocycles. The second-order valence-electron chi connectivity index (χ2n) is 17.6. The maximum absolute atomic E-state index is 12.6. The summed E-state index contributed by atoms with van der Waals surface area (Å²) in [5.74, 6) is 0.984. The van der Waals surface area contributed by atoms with Crippen LogP contribution in [0, 0.1) is 0 Å². The van der Waals surface area contributed by atoms with E-state index in [2.05, 4.69) is 53.3 Å². The molecule has 2 aliphatic heterocycles. The first kappa shape index (κ1) is 53.7. The minimum absolute atomic E-state index is 0.00453. The molecule has 70 heavy (non-hydrogen) atoms. The first-order chi connectivity index (χ1) is 34.3. The van der Waals surface area contributed by atoms with Crippen molar-refractivity contribution in [3.8, 4) is 11.3 Å². The Morgan fingerprint density at radius 1 is 0.686 bits per heavy atom. The SMILES string of the molecule is [N-]=[N+]=Nc1ccc2c(c1)c(-c1ccccc1)[n+](CCCCCC(=O)NCCOCCOCCOCCOCCC(=O)NCCCCCNC(=O)CCCC[C@@H]1SC[C@@H]3NC(=O)N[C@@H]31)c1cc(N)ccc21. The van der Waals surface area contributed by atoms with Gasteiger partial charge in [0.2, 0.25) is 28.9 Å². The highest BCUT2D eigenvalue weighted by atomic mass is 32.2. The second-order valence-corrected chi connectivity index (χ2v) is 18.8. The third-order valence-corrected chi connectivity index (χ3v) is 13.9. The van der Waals surface area contributed by atoms with Crippen molar-refractivity contribution in [1.82, 2.24) is 26.6 Å². The molecule has 3 aromatic carbocycles. The Balaban J connectivity index is 0.700. The van der Waals surface area contributed by atoms with Crippen LogP contribution in [0.25, 0.3) is 43.4 Å². The Hall–Kier alpha value is -5.69. The summed E-state index contributed by atoms with van der Waals surface area (Å²) in [6, 6.07) is 22.3. The lowest BCUT2D eigenvalue weighted by atomic mass is 9.98. The molecule has 4 aromatic rings. The highest BCUT2D eigenvalue weighted by molar-refractivity contribution is 8.00. The Bertz CT molecular complexity index is 2350. The lowest BCUT2D eigenvalue weighted by Gasteiger charge is -2.16. The predicted octanol–water partition coefficient (Wildman–Crippen LogP) is 6.73. The molecule has 5 amide bonds. The number of ether oxygens (including phenoxy) is 4. The summed E-state index contributed by atoms with van der Waals surface area (Å²) in [4.78, 5) is 51.4. The average molecular weight is 984 g/mol. The molecule has 0 spiro atoms. The third kappa shape index (κ3) is 17.6. The molecule has 2 fully saturated rings. The summed E-state index contributed by atoms with van der Waals surface area (Å²) in [7, 11) is 0. The van der Waals surface area contributed by atoms with Crippen LogP contribution in [0.5, 0.6) is 0 Å². The number of carbonyl (C=O) groups is 4. The molecule has 18 nitrogen and oxygen atoms in total. The quantitative estimate of drug-likeness (QED) is 0.00421. The van der Waals surface area contributed by atoms with Gasteiger partial charge in [-0.1, -0.05) is 41.9 Å². The summed E-state index contributed by atoms with van der Waals surface area (Å²) in [6.07, 6.45) is 9.18. The van der Waals surface area contributed by atoms with E-state index in [0.29, 0.717) is 109 Å². The van der Waals surface area contributed by atoms with E-state index in [-0.39, 0.29) is 42.3 Å². The topological polar surface area (TPSA) is 244 Å². The molecule has 7 N–H and O–H groups in total. The number of nitrogen functional groups attached to an aromatic ring is 1. The Morgan fingerprint density at radius 2 is 1.31 bits per heavy atom. The predicted molar refractivity (Wildman–Crippen MR) is 274 cm³/mol. The van der Waals surface area contributed by atoms with Crippen LogP contribution >= 0.6 is 11.8 Å². The van der Waals surface area contributed by atoms with Gasteiger partial charge in [0.15, 0.2) is 0 Å². The highest BCUT2D eigenvalue weighted by Gasteiger charge is 2.42. The zero-order chi connectivity index (χ0) is 49.2. The Morgan fingerprint density at radius 3 is 2.03 bits per heavy atom. The van der Waals surface area contributed by atoms with Crippen LogP contribution < -0.4 is 36.9 Å². The number of amides is 5. The van der Waals surface area contributed by atoms with Gasteiger partial charge in [0, 0.05) is 89.6 Å². The summed E-state index contributed by atoms with van der Waals surface area (Å²) < 4.78 is 24.5. The van der Waals surface area contributed by atoms with E-state index in [0.717, 1.165) is 96.5 Å². The zero-order valence-electron chi connectivity index (χ0n) is 40.3. The monoisotopic (exact) mass is 984 g/mol. The standard InChI is InChI=1S/C51H70N10O8S/c52-38-17-19-41-40-20-18-39(59-60-53)35-42(40)50(37-12-4-1-5-13-37)61(44(41)34-38)25-11-2-6-15-47(63)56-24-27-67-29-31-69-33-32-68-30-28-66-26-21-48(64)55-23-10-3-9-22-54-46(62)16-8-7-14-45-49-43(36-70-45)57-51(65)58-49/h1,4-5,12-13,17-20,34-35,43,45,49,52H,2-3,6-11,14-16,21-33,36H2,(H5,54,55,56,57,58,62,63,64,65)/p+1/t43-,45-,49-/m0/s1. The second kappa shape index (κ2) is 30.1. The van der Waals surface area contributed by atoms with E-state index >= 15 is 0 Å². The number of nitrogens with two attached hydrogens (primary N) is 1. The number of unbranched alkanes of at least 4 members (excludes halogenated alkanes) is 5. The number of benzene rings is 3. The fourth-order valence-electron chi connectivity index (χ4n) is 8.83. The zero-order valence-corrected chi connectivity index (χ0v) is 41.1. The lowest BCUT2D eigenvalue weighted by molar-refractivity contribution is -0.659. The number of urea groups is 1. The van der Waals surface area contributed by atoms with Gasteiger partial charge in [-0.3, -0.25) is 14.4 Å². The Kier molecular flexibility index (Phi) is 23.1. The van der Waals surface area contributed by atoms with Gasteiger partial charge in [0.25, 0.3) is 0 Å². The van der Waals surface area contributed by atoms with Gasteiger partial charge >= 0.3 is 6.03 Å². The number of carbonyl (C=O) groups excluding carboxylic acids is 4. The van der Waals surface area contributed by atoms with Crippen LogP contribution in [0.3, 0.4) is 0 Å². The van der Waals surface area contributed by atoms with Crippen molar-refractivity contribution in [1.29, 1.82) is 0 Å². The van der Waals surface area contributed by atoms with Crippen LogP contribution in [0.1, 0.15) is 77.0 Å². The molecule has 3 heterocycles.